The number of nitrogens with zero attached hydrogens (tertiary/aromatic N) is 1. The molecular formula is C17H17F2N3O4S. The van der Waals surface area contributed by atoms with Crippen LogP contribution in [0.5, 0.6) is 0 Å². The molecule has 27 heavy (non-hydrogen) atoms. The highest BCUT2D eigenvalue weighted by atomic mass is 32.2. The molecule has 0 aliphatic carbocycles. The Labute approximate surface area is 154 Å². The smallest absolute Gasteiger partial charge is 0.289 e. The molecule has 2 aromatic rings. The van der Waals surface area contributed by atoms with E-state index in [9.17, 15) is 27.3 Å². The maximum atomic E-state index is 13.6. The third-order valence-electron chi connectivity index (χ3n) is 4.51. The Morgan fingerprint density at radius 1 is 1.15 bits per heavy atom. The van der Waals surface area contributed by atoms with Crippen molar-refractivity contribution in [2.45, 2.75) is 23.3 Å². The molecule has 1 heterocycles. The molecule has 10 heteroatoms. The van der Waals surface area contributed by atoms with Gasteiger partial charge in [-0.05, 0) is 36.7 Å². The van der Waals surface area contributed by atoms with Gasteiger partial charge in [0.05, 0.1) is 4.92 Å². The summed E-state index contributed by atoms with van der Waals surface area (Å²) < 4.78 is 54.8. The molecule has 0 saturated carbocycles. The highest BCUT2D eigenvalue weighted by Gasteiger charge is 2.33. The lowest BCUT2D eigenvalue weighted by atomic mass is 9.86. The quantitative estimate of drug-likeness (QED) is 0.596. The number of rotatable bonds is 5. The van der Waals surface area contributed by atoms with E-state index >= 15 is 0 Å². The Balaban J connectivity index is 1.92. The second-order valence-corrected chi connectivity index (χ2v) is 7.91. The van der Waals surface area contributed by atoms with Crippen LogP contribution < -0.4 is 10.0 Å². The molecule has 7 nitrogen and oxygen atoms in total. The van der Waals surface area contributed by atoms with E-state index in [1.54, 1.807) is 0 Å². The van der Waals surface area contributed by atoms with Crippen molar-refractivity contribution in [1.82, 2.24) is 10.0 Å². The molecule has 0 spiro atoms. The zero-order chi connectivity index (χ0) is 19.6. The van der Waals surface area contributed by atoms with Gasteiger partial charge in [0.2, 0.25) is 10.0 Å². The number of sulfonamides is 1. The van der Waals surface area contributed by atoms with Crippen molar-refractivity contribution in [2.24, 2.45) is 0 Å². The minimum Gasteiger partial charge on any atom is -0.315 e. The molecule has 0 aromatic heterocycles. The summed E-state index contributed by atoms with van der Waals surface area (Å²) in [6, 6.07) is 7.84. The van der Waals surface area contributed by atoms with E-state index in [0.717, 1.165) is 24.3 Å². The van der Waals surface area contributed by atoms with Crippen LogP contribution in [0.3, 0.4) is 0 Å². The number of para-hydroxylation sites is 1. The Kier molecular flexibility index (Phi) is 5.49. The fraction of sp³-hybridized carbons (Fsp3) is 0.294. The van der Waals surface area contributed by atoms with Crippen molar-refractivity contribution in [2.75, 3.05) is 13.1 Å². The summed E-state index contributed by atoms with van der Waals surface area (Å²) in [5, 5.41) is 14.2. The fourth-order valence-electron chi connectivity index (χ4n) is 3.22. The molecule has 144 valence electrons. The SMILES string of the molecule is O=[N+]([O-])c1ccccc1S(=O)(=O)NC1CNCCC1c1ccc(F)c(F)c1. The van der Waals surface area contributed by atoms with Crippen LogP contribution in [-0.4, -0.2) is 32.5 Å². The lowest BCUT2D eigenvalue weighted by Gasteiger charge is -2.33. The Hall–Kier alpha value is -2.43. The third-order valence-corrected chi connectivity index (χ3v) is 6.05. The van der Waals surface area contributed by atoms with Crippen LogP contribution in [0, 0.1) is 21.7 Å². The number of nitrogens with one attached hydrogen (secondary N) is 2. The van der Waals surface area contributed by atoms with Gasteiger partial charge >= 0.3 is 0 Å². The molecule has 2 atom stereocenters. The highest BCUT2D eigenvalue weighted by molar-refractivity contribution is 7.89. The predicted octanol–water partition coefficient (Wildman–Crippen LogP) is 2.30. The van der Waals surface area contributed by atoms with Crippen LogP contribution in [-0.2, 0) is 10.0 Å². The number of halogens is 2. The average molecular weight is 397 g/mol. The molecule has 2 unspecified atom stereocenters. The van der Waals surface area contributed by atoms with E-state index in [1.165, 1.54) is 18.2 Å². The minimum absolute atomic E-state index is 0.253. The molecule has 3 rings (SSSR count). The predicted molar refractivity (Wildman–Crippen MR) is 93.8 cm³/mol. The van der Waals surface area contributed by atoms with Crippen molar-refractivity contribution in [3.63, 3.8) is 0 Å². The second kappa shape index (κ2) is 7.67. The van der Waals surface area contributed by atoms with Crippen LogP contribution in [0.1, 0.15) is 17.9 Å². The van der Waals surface area contributed by atoms with Gasteiger partial charge in [0, 0.05) is 24.6 Å². The second-order valence-electron chi connectivity index (χ2n) is 6.23. The zero-order valence-electron chi connectivity index (χ0n) is 14.1. The molecule has 2 N–H and O–H groups in total. The van der Waals surface area contributed by atoms with Gasteiger partial charge in [0.15, 0.2) is 16.5 Å². The summed E-state index contributed by atoms with van der Waals surface area (Å²) >= 11 is 0. The van der Waals surface area contributed by atoms with Crippen molar-refractivity contribution in [1.29, 1.82) is 0 Å². The highest BCUT2D eigenvalue weighted by Crippen LogP contribution is 2.29. The van der Waals surface area contributed by atoms with E-state index in [2.05, 4.69) is 10.0 Å². The van der Waals surface area contributed by atoms with Crippen LogP contribution in [0.4, 0.5) is 14.5 Å². The van der Waals surface area contributed by atoms with Gasteiger partial charge in [-0.2, -0.15) is 0 Å². The largest absolute Gasteiger partial charge is 0.315 e. The first-order valence-electron chi connectivity index (χ1n) is 8.21. The number of hydrogen-bond acceptors (Lipinski definition) is 5. The van der Waals surface area contributed by atoms with E-state index in [0.29, 0.717) is 18.5 Å². The maximum absolute atomic E-state index is 13.6. The van der Waals surface area contributed by atoms with Crippen molar-refractivity contribution in [3.05, 3.63) is 69.8 Å². The van der Waals surface area contributed by atoms with Crippen molar-refractivity contribution in [3.8, 4) is 0 Å². The van der Waals surface area contributed by atoms with Crippen LogP contribution >= 0.6 is 0 Å². The van der Waals surface area contributed by atoms with Gasteiger partial charge in [-0.1, -0.05) is 18.2 Å². The van der Waals surface area contributed by atoms with E-state index < -0.39 is 49.1 Å². The molecule has 0 amide bonds. The number of nitro groups is 1. The number of nitro benzene ring substituents is 1. The van der Waals surface area contributed by atoms with Gasteiger partial charge in [0.25, 0.3) is 5.69 Å². The maximum Gasteiger partial charge on any atom is 0.289 e. The first-order chi connectivity index (χ1) is 12.8. The van der Waals surface area contributed by atoms with E-state index in [1.807, 2.05) is 0 Å². The summed E-state index contributed by atoms with van der Waals surface area (Å²) in [7, 11) is -4.19. The molecule has 1 fully saturated rings. The molecule has 2 aromatic carbocycles. The van der Waals surface area contributed by atoms with Gasteiger partial charge in [0.1, 0.15) is 0 Å². The van der Waals surface area contributed by atoms with E-state index in [4.69, 9.17) is 0 Å². The van der Waals surface area contributed by atoms with Gasteiger partial charge in [-0.25, -0.2) is 21.9 Å². The Morgan fingerprint density at radius 2 is 1.89 bits per heavy atom. The van der Waals surface area contributed by atoms with Crippen molar-refractivity contribution >= 4 is 15.7 Å². The summed E-state index contributed by atoms with van der Waals surface area (Å²) in [5.74, 6) is -2.39. The van der Waals surface area contributed by atoms with Gasteiger partial charge in [-0.3, -0.25) is 10.1 Å². The first-order valence-corrected chi connectivity index (χ1v) is 9.69. The monoisotopic (exact) mass is 397 g/mol. The molecule has 0 radical (unpaired) electrons. The molecule has 1 aliphatic rings. The van der Waals surface area contributed by atoms with E-state index in [-0.39, 0.29) is 6.54 Å². The van der Waals surface area contributed by atoms with Crippen molar-refractivity contribution < 1.29 is 22.1 Å². The van der Waals surface area contributed by atoms with Gasteiger partial charge in [-0.15, -0.1) is 0 Å². The number of piperidine rings is 1. The molecular weight excluding hydrogens is 380 g/mol. The minimum atomic E-state index is -4.19. The standard InChI is InChI=1S/C17H17F2N3O4S/c18-13-6-5-11(9-14(13)19)12-7-8-20-10-15(12)21-27(25,26)17-4-2-1-3-16(17)22(23)24/h1-6,9,12,15,20-21H,7-8,10H2. The van der Waals surface area contributed by atoms with Crippen LogP contribution in [0.15, 0.2) is 47.4 Å². The Bertz CT molecular complexity index is 968. The van der Waals surface area contributed by atoms with Crippen LogP contribution in [0.2, 0.25) is 0 Å². The lowest BCUT2D eigenvalue weighted by Crippen LogP contribution is -2.50. The summed E-state index contributed by atoms with van der Waals surface area (Å²) in [6.45, 7) is 0.830. The summed E-state index contributed by atoms with van der Waals surface area (Å²) in [5.41, 5.74) is -0.0659. The lowest BCUT2D eigenvalue weighted by molar-refractivity contribution is -0.387. The average Bonchev–Trinajstić information content (AvgIpc) is 2.64. The normalized spacial score (nSPS) is 20.4. The molecule has 1 aliphatic heterocycles. The first kappa shape index (κ1) is 19.3. The molecule has 0 bridgehead atoms. The third kappa shape index (κ3) is 4.12. The molecule has 1 saturated heterocycles. The topological polar surface area (TPSA) is 101 Å². The number of benzene rings is 2. The fourth-order valence-corrected chi connectivity index (χ4v) is 4.67. The van der Waals surface area contributed by atoms with Gasteiger partial charge < -0.3 is 5.32 Å². The van der Waals surface area contributed by atoms with Crippen LogP contribution in [0.25, 0.3) is 0 Å². The summed E-state index contributed by atoms with van der Waals surface area (Å²) in [6.07, 6.45) is 0.495. The number of hydrogen-bond donors (Lipinski definition) is 2. The summed E-state index contributed by atoms with van der Waals surface area (Å²) in [4.78, 5) is 9.94. The Morgan fingerprint density at radius 3 is 2.59 bits per heavy atom. The zero-order valence-corrected chi connectivity index (χ0v) is 14.9.